The summed E-state index contributed by atoms with van der Waals surface area (Å²) in [4.78, 5) is 10.9. The van der Waals surface area contributed by atoms with E-state index in [2.05, 4.69) is 0 Å². The molecule has 0 saturated heterocycles. The van der Waals surface area contributed by atoms with Gasteiger partial charge in [-0.3, -0.25) is 4.79 Å². The van der Waals surface area contributed by atoms with E-state index in [9.17, 15) is 4.79 Å². The van der Waals surface area contributed by atoms with Crippen LogP contribution in [0.3, 0.4) is 0 Å². The lowest BCUT2D eigenvalue weighted by atomic mass is 9.60. The van der Waals surface area contributed by atoms with Crippen molar-refractivity contribution in [1.82, 2.24) is 0 Å². The third kappa shape index (κ3) is 1.04. The van der Waals surface area contributed by atoms with E-state index < -0.39 is 5.97 Å². The molecule has 0 aliphatic heterocycles. The van der Waals surface area contributed by atoms with Gasteiger partial charge in [-0.15, -0.1) is 0 Å². The summed E-state index contributed by atoms with van der Waals surface area (Å²) in [5.41, 5.74) is 5.69. The summed E-state index contributed by atoms with van der Waals surface area (Å²) in [6.07, 6.45) is 4.91. The molecule has 68 valence electrons. The number of carboxylic acids is 1. The van der Waals surface area contributed by atoms with Gasteiger partial charge in [0.1, 0.15) is 0 Å². The molecule has 3 rings (SSSR count). The van der Waals surface area contributed by atoms with E-state index in [1.54, 1.807) is 0 Å². The summed E-state index contributed by atoms with van der Waals surface area (Å²) in [7, 11) is 0. The van der Waals surface area contributed by atoms with Crippen LogP contribution in [0.4, 0.5) is 0 Å². The number of carboxylic acid groups (broad SMARTS) is 1. The van der Waals surface area contributed by atoms with Gasteiger partial charge in [-0.25, -0.2) is 0 Å². The molecule has 0 spiro atoms. The van der Waals surface area contributed by atoms with Crippen LogP contribution in [0.2, 0.25) is 0 Å². The van der Waals surface area contributed by atoms with Crippen molar-refractivity contribution in [1.29, 1.82) is 0 Å². The van der Waals surface area contributed by atoms with Crippen LogP contribution >= 0.6 is 0 Å². The first kappa shape index (κ1) is 8.05. The number of nitrogens with two attached hydrogens (primary N) is 1. The molecule has 0 heterocycles. The lowest BCUT2D eigenvalue weighted by molar-refractivity contribution is -0.148. The molecule has 12 heavy (non-hydrogen) atoms. The van der Waals surface area contributed by atoms with Gasteiger partial charge in [0.15, 0.2) is 0 Å². The Hall–Kier alpha value is -0.570. The number of aliphatic carboxylic acids is 1. The molecule has 0 aromatic carbocycles. The van der Waals surface area contributed by atoms with Crippen molar-refractivity contribution < 1.29 is 9.90 Å². The quantitative estimate of drug-likeness (QED) is 0.615. The van der Waals surface area contributed by atoms with E-state index in [0.29, 0.717) is 5.92 Å². The van der Waals surface area contributed by atoms with Gasteiger partial charge in [0.25, 0.3) is 0 Å². The van der Waals surface area contributed by atoms with Crippen LogP contribution in [0.15, 0.2) is 0 Å². The van der Waals surface area contributed by atoms with Crippen molar-refractivity contribution in [3.8, 4) is 0 Å². The first-order chi connectivity index (χ1) is 5.62. The fourth-order valence-electron chi connectivity index (χ4n) is 2.71. The van der Waals surface area contributed by atoms with E-state index in [-0.39, 0.29) is 11.5 Å². The van der Waals surface area contributed by atoms with E-state index in [1.165, 1.54) is 0 Å². The Bertz CT molecular complexity index is 207. The largest absolute Gasteiger partial charge is 0.481 e. The molecule has 3 aliphatic rings. The van der Waals surface area contributed by atoms with Crippen LogP contribution in [0.5, 0.6) is 0 Å². The van der Waals surface area contributed by atoms with Crippen molar-refractivity contribution in [2.24, 2.45) is 17.6 Å². The predicted octanol–water partition coefficient (Wildman–Crippen LogP) is 0.979. The molecule has 3 fully saturated rings. The van der Waals surface area contributed by atoms with Gasteiger partial charge in [-0.05, 0) is 38.0 Å². The molecular weight excluding hydrogens is 154 g/mol. The number of hydrogen-bond donors (Lipinski definition) is 2. The Kier molecular flexibility index (Phi) is 1.65. The molecule has 1 atom stereocenters. The first-order valence-corrected chi connectivity index (χ1v) is 4.63. The van der Waals surface area contributed by atoms with Gasteiger partial charge in [-0.2, -0.15) is 0 Å². The zero-order chi connectivity index (χ0) is 8.77. The molecule has 3 saturated carbocycles. The zero-order valence-electron chi connectivity index (χ0n) is 7.12. The lowest BCUT2D eigenvalue weighted by Crippen LogP contribution is -2.57. The highest BCUT2D eigenvalue weighted by atomic mass is 16.4. The number of hydrogen-bond acceptors (Lipinski definition) is 2. The highest BCUT2D eigenvalue weighted by Crippen LogP contribution is 2.46. The molecule has 0 aromatic heterocycles. The Morgan fingerprint density at radius 1 is 1.42 bits per heavy atom. The highest BCUT2D eigenvalue weighted by molar-refractivity contribution is 5.72. The van der Waals surface area contributed by atoms with Crippen molar-refractivity contribution in [3.05, 3.63) is 0 Å². The maximum absolute atomic E-state index is 10.9. The average molecular weight is 169 g/mol. The second-order valence-electron chi connectivity index (χ2n) is 4.30. The summed E-state index contributed by atoms with van der Waals surface area (Å²) in [5, 5.41) is 8.95. The third-order valence-electron chi connectivity index (χ3n) is 3.60. The van der Waals surface area contributed by atoms with Crippen molar-refractivity contribution in [3.63, 3.8) is 0 Å². The maximum Gasteiger partial charge on any atom is 0.308 e. The first-order valence-electron chi connectivity index (χ1n) is 4.63. The van der Waals surface area contributed by atoms with Crippen LogP contribution in [0.1, 0.15) is 32.1 Å². The summed E-state index contributed by atoms with van der Waals surface area (Å²) in [6.45, 7) is 0. The normalized spacial score (nSPS) is 46.1. The molecule has 0 radical (unpaired) electrons. The minimum Gasteiger partial charge on any atom is -0.481 e. The van der Waals surface area contributed by atoms with Crippen LogP contribution in [-0.2, 0) is 4.79 Å². The summed E-state index contributed by atoms with van der Waals surface area (Å²) in [5.74, 6) is -0.330. The molecule has 3 heteroatoms. The minimum absolute atomic E-state index is 0.273. The topological polar surface area (TPSA) is 63.3 Å². The molecule has 0 unspecified atom stereocenters. The molecule has 2 bridgehead atoms. The predicted molar refractivity (Wildman–Crippen MR) is 44.6 cm³/mol. The molecular formula is C9H15NO2. The SMILES string of the molecule is NC12CCC(CC1)C[C@@H]2C(=O)O. The van der Waals surface area contributed by atoms with Crippen molar-refractivity contribution in [2.45, 2.75) is 37.6 Å². The summed E-state index contributed by atoms with van der Waals surface area (Å²) in [6, 6.07) is 0. The number of carbonyl (C=O) groups is 1. The van der Waals surface area contributed by atoms with E-state index in [1.807, 2.05) is 0 Å². The van der Waals surface area contributed by atoms with Gasteiger partial charge >= 0.3 is 5.97 Å². The monoisotopic (exact) mass is 169 g/mol. The molecule has 3 aliphatic carbocycles. The van der Waals surface area contributed by atoms with E-state index >= 15 is 0 Å². The third-order valence-corrected chi connectivity index (χ3v) is 3.60. The maximum atomic E-state index is 10.9. The van der Waals surface area contributed by atoms with Gasteiger partial charge < -0.3 is 10.8 Å². The Morgan fingerprint density at radius 3 is 2.33 bits per heavy atom. The molecule has 0 amide bonds. The fourth-order valence-corrected chi connectivity index (χ4v) is 2.71. The second-order valence-corrected chi connectivity index (χ2v) is 4.30. The summed E-state index contributed by atoms with van der Waals surface area (Å²) >= 11 is 0. The van der Waals surface area contributed by atoms with Crippen LogP contribution < -0.4 is 5.73 Å². The van der Waals surface area contributed by atoms with Gasteiger partial charge in [0, 0.05) is 5.54 Å². The standard InChI is InChI=1S/C9H15NO2/c10-9-3-1-6(2-4-9)5-7(9)8(11)12/h6-7H,1-5,10H2,(H,11,12)/t6?,7-,9?/m1/s1. The molecule has 0 aromatic rings. The minimum atomic E-state index is -0.693. The van der Waals surface area contributed by atoms with Crippen LogP contribution in [0.25, 0.3) is 0 Å². The van der Waals surface area contributed by atoms with Gasteiger partial charge in [0.2, 0.25) is 0 Å². The Morgan fingerprint density at radius 2 is 2.00 bits per heavy atom. The second kappa shape index (κ2) is 2.46. The van der Waals surface area contributed by atoms with E-state index in [4.69, 9.17) is 10.8 Å². The average Bonchev–Trinajstić information content (AvgIpc) is 2.04. The Balaban J connectivity index is 2.20. The number of fused-ring (bicyclic) bond motifs is 3. The summed E-state index contributed by atoms with van der Waals surface area (Å²) < 4.78 is 0. The van der Waals surface area contributed by atoms with Crippen LogP contribution in [0, 0.1) is 11.8 Å². The van der Waals surface area contributed by atoms with Gasteiger partial charge in [0.05, 0.1) is 5.92 Å². The van der Waals surface area contributed by atoms with E-state index in [0.717, 1.165) is 32.1 Å². The zero-order valence-corrected chi connectivity index (χ0v) is 7.12. The van der Waals surface area contributed by atoms with Crippen LogP contribution in [-0.4, -0.2) is 16.6 Å². The lowest BCUT2D eigenvalue weighted by Gasteiger charge is -2.48. The smallest absolute Gasteiger partial charge is 0.308 e. The number of rotatable bonds is 1. The fraction of sp³-hybridized carbons (Fsp3) is 0.889. The highest BCUT2D eigenvalue weighted by Gasteiger charge is 2.48. The van der Waals surface area contributed by atoms with Crippen molar-refractivity contribution >= 4 is 5.97 Å². The Labute approximate surface area is 71.9 Å². The van der Waals surface area contributed by atoms with Gasteiger partial charge in [-0.1, -0.05) is 0 Å². The molecule has 3 N–H and O–H groups in total. The molecule has 3 nitrogen and oxygen atoms in total. The van der Waals surface area contributed by atoms with Crippen molar-refractivity contribution in [2.75, 3.05) is 0 Å².